The minimum atomic E-state index is -2.28. The van der Waals surface area contributed by atoms with Crippen molar-refractivity contribution in [2.75, 3.05) is 0 Å². The number of rotatable bonds is 8. The highest BCUT2D eigenvalue weighted by molar-refractivity contribution is 6.91. The lowest BCUT2D eigenvalue weighted by molar-refractivity contribution is -0.385. The lowest BCUT2D eigenvalue weighted by Gasteiger charge is -2.38. The second kappa shape index (κ2) is 20.4. The minimum absolute atomic E-state index is 0.0140. The predicted molar refractivity (Wildman–Crippen MR) is 320 cm³/mol. The van der Waals surface area contributed by atoms with Gasteiger partial charge in [-0.2, -0.15) is 0 Å². The van der Waals surface area contributed by atoms with Crippen LogP contribution in [0.4, 0.5) is 11.4 Å². The molecule has 9 rings (SSSR count). The van der Waals surface area contributed by atoms with Crippen LogP contribution in [0.25, 0.3) is 64.9 Å². The third-order valence-electron chi connectivity index (χ3n) is 16.3. The Balaban J connectivity index is 1.53. The number of nitro groups is 2. The topological polar surface area (TPSA) is 102 Å². The maximum Gasteiger partial charge on any atom is 0.269 e. The number of nitrogens with one attached hydrogen (secondary N) is 1. The van der Waals surface area contributed by atoms with Gasteiger partial charge in [-0.3, -0.25) is 20.2 Å². The largest absolute Gasteiger partial charge is 0.354 e. The summed E-state index contributed by atoms with van der Waals surface area (Å²) in [5, 5.41) is 33.2. The molecule has 1 aromatic heterocycles. The Morgan fingerprint density at radius 3 is 0.960 bits per heavy atom. The summed E-state index contributed by atoms with van der Waals surface area (Å²) in [6.07, 6.45) is 0. The zero-order valence-corrected chi connectivity index (χ0v) is 47.0. The van der Waals surface area contributed by atoms with Gasteiger partial charge in [-0.1, -0.05) is 179 Å². The minimum Gasteiger partial charge on any atom is -0.354 e. The molecule has 1 N–H and O–H groups in total. The van der Waals surface area contributed by atoms with Crippen molar-refractivity contribution in [1.29, 1.82) is 0 Å². The van der Waals surface area contributed by atoms with Gasteiger partial charge in [0.25, 0.3) is 11.4 Å². The van der Waals surface area contributed by atoms with Crippen molar-refractivity contribution in [1.82, 2.24) is 4.98 Å². The van der Waals surface area contributed by atoms with Crippen molar-refractivity contribution in [2.24, 2.45) is 0 Å². The Morgan fingerprint density at radius 1 is 0.360 bits per heavy atom. The van der Waals surface area contributed by atoms with Gasteiger partial charge >= 0.3 is 0 Å². The van der Waals surface area contributed by atoms with Crippen molar-refractivity contribution < 1.29 is 9.85 Å². The molecule has 0 fully saturated rings. The van der Waals surface area contributed by atoms with Gasteiger partial charge in [0.2, 0.25) is 0 Å². The van der Waals surface area contributed by atoms with Crippen LogP contribution >= 0.6 is 0 Å². The molecule has 0 spiro atoms. The second-order valence-electron chi connectivity index (χ2n) is 21.9. The Kier molecular flexibility index (Phi) is 14.1. The summed E-state index contributed by atoms with van der Waals surface area (Å²) in [5.41, 5.74) is 17.6. The molecule has 8 aromatic carbocycles. The van der Waals surface area contributed by atoms with Gasteiger partial charge in [-0.25, -0.2) is 0 Å². The van der Waals surface area contributed by atoms with Crippen LogP contribution in [-0.2, 0) is 0 Å². The summed E-state index contributed by atoms with van der Waals surface area (Å²) in [7, 11) is -4.55. The van der Waals surface area contributed by atoms with Crippen LogP contribution in [0.1, 0.15) is 116 Å². The number of non-ortho nitro benzene ring substituents is 2. The molecule has 1 heterocycles. The van der Waals surface area contributed by atoms with E-state index in [1.54, 1.807) is 24.3 Å². The zero-order valence-electron chi connectivity index (χ0n) is 45.0. The monoisotopic (exact) mass is 1020 g/mol. The van der Waals surface area contributed by atoms with E-state index in [9.17, 15) is 20.2 Å². The highest BCUT2D eigenvalue weighted by Crippen LogP contribution is 2.47. The molecular formula is C66H63N3O4Si2. The first-order valence-corrected chi connectivity index (χ1v) is 30.7. The van der Waals surface area contributed by atoms with E-state index >= 15 is 0 Å². The average Bonchev–Trinajstić information content (AvgIpc) is 3.77. The molecule has 9 aromatic rings. The number of nitrogens with zero attached hydrogens (tertiary/aromatic N) is 2. The molecule has 0 radical (unpaired) electrons. The van der Waals surface area contributed by atoms with E-state index in [2.05, 4.69) is 207 Å². The fraction of sp³-hybridized carbons (Fsp3) is 0.273. The van der Waals surface area contributed by atoms with E-state index in [0.717, 1.165) is 87.1 Å². The van der Waals surface area contributed by atoms with Crippen molar-refractivity contribution in [3.8, 4) is 46.6 Å². The van der Waals surface area contributed by atoms with Gasteiger partial charge in [-0.15, -0.1) is 11.1 Å². The van der Waals surface area contributed by atoms with Crippen molar-refractivity contribution in [3.05, 3.63) is 175 Å². The summed E-state index contributed by atoms with van der Waals surface area (Å²) < 4.78 is 0. The van der Waals surface area contributed by atoms with E-state index in [1.807, 2.05) is 0 Å². The van der Waals surface area contributed by atoms with Crippen LogP contribution in [0.3, 0.4) is 0 Å². The lowest BCUT2D eigenvalue weighted by Crippen LogP contribution is -2.43. The maximum atomic E-state index is 11.6. The highest BCUT2D eigenvalue weighted by atomic mass is 28.3. The van der Waals surface area contributed by atoms with Crippen LogP contribution < -0.4 is 0 Å². The molecule has 75 heavy (non-hydrogen) atoms. The fourth-order valence-corrected chi connectivity index (χ4v) is 23.2. The molecule has 0 unspecified atom stereocenters. The van der Waals surface area contributed by atoms with Crippen molar-refractivity contribution >= 4 is 92.4 Å². The first kappa shape index (κ1) is 52.0. The molecule has 7 nitrogen and oxygen atoms in total. The fourth-order valence-electron chi connectivity index (χ4n) is 12.8. The summed E-state index contributed by atoms with van der Waals surface area (Å²) >= 11 is 0. The third-order valence-corrected chi connectivity index (χ3v) is 28.8. The Labute approximate surface area is 442 Å². The number of hydrogen-bond acceptors (Lipinski definition) is 4. The molecule has 0 aliphatic rings. The van der Waals surface area contributed by atoms with Crippen LogP contribution in [0.5, 0.6) is 0 Å². The van der Waals surface area contributed by atoms with E-state index in [4.69, 9.17) is 0 Å². The normalized spacial score (nSPS) is 12.0. The molecule has 9 heteroatoms. The van der Waals surface area contributed by atoms with E-state index in [-0.39, 0.29) is 11.4 Å². The number of H-pyrrole nitrogens is 1. The Hall–Kier alpha value is -7.93. The number of benzene rings is 8. The smallest absolute Gasteiger partial charge is 0.269 e. The molecule has 0 aliphatic carbocycles. The standard InChI is InChI=1S/C66H63N3O4Si2/c1-41(2)74(42(3)4,43(5)6)39-37-59-53-19-15-13-17-51(53)55(31-25-47-21-27-49(28-22-47)68(70)71)57-33-35-61-65(63(57)59)66-62(67-61)36-34-58-56(32-26-48-23-29-50(30-24-48)69(72)73)52-18-14-16-20-54(52)60(64(58)66)38-40-75(44(7)8,45(9)10)46(11)12/h13-24,27-30,33-36,41-46,67H,1-12H3. The van der Waals surface area contributed by atoms with Crippen LogP contribution in [0.15, 0.2) is 121 Å². The molecule has 0 amide bonds. The van der Waals surface area contributed by atoms with Gasteiger partial charge in [0, 0.05) is 90.2 Å². The number of fused-ring (bicyclic) bond motifs is 9. The first-order chi connectivity index (χ1) is 35.8. The quantitative estimate of drug-likeness (QED) is 0.0538. The van der Waals surface area contributed by atoms with E-state index < -0.39 is 26.0 Å². The van der Waals surface area contributed by atoms with Gasteiger partial charge in [0.1, 0.15) is 16.1 Å². The van der Waals surface area contributed by atoms with Gasteiger partial charge in [0.15, 0.2) is 0 Å². The van der Waals surface area contributed by atoms with Gasteiger partial charge < -0.3 is 4.98 Å². The second-order valence-corrected chi connectivity index (χ2v) is 33.1. The van der Waals surface area contributed by atoms with Gasteiger partial charge in [0.05, 0.1) is 9.85 Å². The SMILES string of the molecule is CC(C)[Si](C#Cc1c2ccccc2c(C#Cc2ccc([N+](=O)[O-])cc2)c2ccc3[nH]c4ccc5c(C#Cc6ccc([N+](=O)[O-])cc6)c6ccccc6c(C#C[Si](C(C)C)(C(C)C)C(C)C)c5c4c3c12)(C(C)C)C(C)C. The number of nitro benzene ring substituents is 2. The molecule has 0 atom stereocenters. The molecule has 374 valence electrons. The molecule has 0 saturated carbocycles. The average molecular weight is 1020 g/mol. The summed E-state index contributed by atoms with van der Waals surface area (Å²) in [6, 6.07) is 38.4. The van der Waals surface area contributed by atoms with Crippen molar-refractivity contribution in [3.63, 3.8) is 0 Å². The number of aromatic nitrogens is 1. The number of hydrogen-bond donors (Lipinski definition) is 1. The lowest BCUT2D eigenvalue weighted by atomic mass is 9.86. The highest BCUT2D eigenvalue weighted by Gasteiger charge is 2.43. The Morgan fingerprint density at radius 2 is 0.667 bits per heavy atom. The first-order valence-electron chi connectivity index (χ1n) is 26.2. The predicted octanol–water partition coefficient (Wildman–Crippen LogP) is 17.7. The molecule has 0 aliphatic heterocycles. The molecular weight excluding hydrogens is 955 g/mol. The van der Waals surface area contributed by atoms with Crippen LogP contribution in [0, 0.1) is 66.8 Å². The molecule has 0 saturated heterocycles. The van der Waals surface area contributed by atoms with Crippen LogP contribution in [0.2, 0.25) is 33.2 Å². The Bertz CT molecular complexity index is 3750. The molecule has 0 bridgehead atoms. The maximum absolute atomic E-state index is 11.6. The third kappa shape index (κ3) is 8.95. The summed E-state index contributed by atoms with van der Waals surface area (Å²) in [5.74, 6) is 22.0. The van der Waals surface area contributed by atoms with Gasteiger partial charge in [-0.05, 0) is 102 Å². The summed E-state index contributed by atoms with van der Waals surface area (Å²) in [6.45, 7) is 28.2. The summed E-state index contributed by atoms with van der Waals surface area (Å²) in [4.78, 5) is 26.3. The van der Waals surface area contributed by atoms with Crippen LogP contribution in [-0.4, -0.2) is 31.0 Å². The van der Waals surface area contributed by atoms with E-state index in [0.29, 0.717) is 44.4 Å². The number of aromatic amines is 1. The van der Waals surface area contributed by atoms with Crippen molar-refractivity contribution in [2.45, 2.75) is 116 Å². The zero-order chi connectivity index (χ0) is 53.7. The van der Waals surface area contributed by atoms with E-state index in [1.165, 1.54) is 24.3 Å².